The summed E-state index contributed by atoms with van der Waals surface area (Å²) in [6.07, 6.45) is 3.59. The van der Waals surface area contributed by atoms with E-state index in [9.17, 15) is 0 Å². The zero-order chi connectivity index (χ0) is 24.7. The fraction of sp³-hybridized carbons (Fsp3) is 0.226. The van der Waals surface area contributed by atoms with Crippen LogP contribution in [0.25, 0.3) is 0 Å². The molecule has 0 N–H and O–H groups in total. The molecule has 1 heterocycles. The number of methoxy groups -OCH3 is 2. The fourth-order valence-corrected chi connectivity index (χ4v) is 4.35. The van der Waals surface area contributed by atoms with Crippen LogP contribution in [-0.2, 0) is 25.7 Å². The number of rotatable bonds is 10. The summed E-state index contributed by atoms with van der Waals surface area (Å²) in [7, 11) is 3.38. The average molecular weight is 483 g/mol. The van der Waals surface area contributed by atoms with Gasteiger partial charge in [-0.25, -0.2) is 0 Å². The minimum atomic E-state index is 0.289. The smallest absolute Gasteiger partial charge is 0.231 e. The van der Waals surface area contributed by atoms with Crippen molar-refractivity contribution in [3.05, 3.63) is 107 Å². The van der Waals surface area contributed by atoms with Gasteiger partial charge in [0.25, 0.3) is 0 Å². The van der Waals surface area contributed by atoms with E-state index in [-0.39, 0.29) is 6.79 Å². The Morgan fingerprint density at radius 2 is 1.11 bits per heavy atom. The molecule has 0 spiro atoms. The van der Waals surface area contributed by atoms with E-state index in [1.807, 2.05) is 36.4 Å². The van der Waals surface area contributed by atoms with E-state index in [1.165, 1.54) is 16.7 Å². The molecule has 0 saturated heterocycles. The van der Waals surface area contributed by atoms with Gasteiger partial charge in [0.1, 0.15) is 23.0 Å². The summed E-state index contributed by atoms with van der Waals surface area (Å²) >= 11 is 0. The van der Waals surface area contributed by atoms with Crippen LogP contribution in [0.2, 0.25) is 0 Å². The lowest BCUT2D eigenvalue weighted by molar-refractivity contribution is 0.174. The maximum atomic E-state index is 6.27. The van der Waals surface area contributed by atoms with Crippen LogP contribution in [0.5, 0.6) is 34.5 Å². The van der Waals surface area contributed by atoms with Crippen LogP contribution >= 0.6 is 0 Å². The minimum absolute atomic E-state index is 0.289. The van der Waals surface area contributed by atoms with E-state index in [2.05, 4.69) is 48.5 Å². The third kappa shape index (κ3) is 5.92. The lowest BCUT2D eigenvalue weighted by atomic mass is 10.0. The van der Waals surface area contributed by atoms with Crippen molar-refractivity contribution in [2.45, 2.75) is 25.7 Å². The molecule has 0 bridgehead atoms. The molecule has 1 aliphatic heterocycles. The largest absolute Gasteiger partial charge is 0.497 e. The highest BCUT2D eigenvalue weighted by Crippen LogP contribution is 2.33. The molecule has 5 nitrogen and oxygen atoms in total. The van der Waals surface area contributed by atoms with E-state index in [0.717, 1.165) is 65.7 Å². The number of ether oxygens (including phenoxy) is 5. The van der Waals surface area contributed by atoms with Gasteiger partial charge in [-0.2, -0.15) is 0 Å². The van der Waals surface area contributed by atoms with Gasteiger partial charge in [-0.3, -0.25) is 0 Å². The van der Waals surface area contributed by atoms with Crippen molar-refractivity contribution in [3.8, 4) is 34.5 Å². The second-order valence-corrected chi connectivity index (χ2v) is 8.81. The first-order chi connectivity index (χ1) is 17.7. The Morgan fingerprint density at radius 3 is 1.86 bits per heavy atom. The molecule has 0 aromatic heterocycles. The van der Waals surface area contributed by atoms with Gasteiger partial charge in [0, 0.05) is 6.07 Å². The summed E-state index contributed by atoms with van der Waals surface area (Å²) in [6, 6.07) is 28.6. The monoisotopic (exact) mass is 482 g/mol. The van der Waals surface area contributed by atoms with E-state index >= 15 is 0 Å². The summed E-state index contributed by atoms with van der Waals surface area (Å²) in [5, 5.41) is 0. The van der Waals surface area contributed by atoms with Crippen molar-refractivity contribution in [2.75, 3.05) is 21.0 Å². The Morgan fingerprint density at radius 1 is 0.528 bits per heavy atom. The summed E-state index contributed by atoms with van der Waals surface area (Å²) in [4.78, 5) is 0. The summed E-state index contributed by atoms with van der Waals surface area (Å²) in [6.45, 7) is 0.289. The third-order valence-corrected chi connectivity index (χ3v) is 6.29. The predicted octanol–water partition coefficient (Wildman–Crippen LogP) is 6.80. The lowest BCUT2D eigenvalue weighted by Crippen LogP contribution is -1.96. The predicted molar refractivity (Wildman–Crippen MR) is 140 cm³/mol. The molecule has 0 radical (unpaired) electrons. The SMILES string of the molecule is COc1cccc(CCc2cccc(Oc3cc(CCc4ccc5c(c4)OCO5)cc(OC)c3)c2)c1. The molecule has 4 aromatic rings. The molecule has 5 heteroatoms. The van der Waals surface area contributed by atoms with Crippen LogP contribution in [0.1, 0.15) is 22.3 Å². The van der Waals surface area contributed by atoms with Gasteiger partial charge in [-0.05, 0) is 96.5 Å². The zero-order valence-electron chi connectivity index (χ0n) is 20.7. The quantitative estimate of drug-likeness (QED) is 0.249. The molecule has 4 aromatic carbocycles. The Kier molecular flexibility index (Phi) is 7.27. The van der Waals surface area contributed by atoms with Gasteiger partial charge in [0.2, 0.25) is 6.79 Å². The first kappa shape index (κ1) is 23.6. The molecule has 36 heavy (non-hydrogen) atoms. The second kappa shape index (κ2) is 11.1. The minimum Gasteiger partial charge on any atom is -0.497 e. The van der Waals surface area contributed by atoms with Crippen molar-refractivity contribution in [1.29, 1.82) is 0 Å². The zero-order valence-corrected chi connectivity index (χ0v) is 20.7. The van der Waals surface area contributed by atoms with Crippen LogP contribution in [-0.4, -0.2) is 21.0 Å². The highest BCUT2D eigenvalue weighted by Gasteiger charge is 2.13. The molecular weight excluding hydrogens is 452 g/mol. The van der Waals surface area contributed by atoms with E-state index in [4.69, 9.17) is 23.7 Å². The molecule has 5 rings (SSSR count). The Bertz CT molecular complexity index is 1330. The van der Waals surface area contributed by atoms with Crippen molar-refractivity contribution >= 4 is 0 Å². The number of benzene rings is 4. The normalized spacial score (nSPS) is 11.8. The van der Waals surface area contributed by atoms with Gasteiger partial charge in [-0.1, -0.05) is 30.3 Å². The Labute approximate surface area is 212 Å². The first-order valence-electron chi connectivity index (χ1n) is 12.1. The summed E-state index contributed by atoms with van der Waals surface area (Å²) in [5.41, 5.74) is 4.83. The molecule has 0 amide bonds. The molecule has 0 fully saturated rings. The van der Waals surface area contributed by atoms with Gasteiger partial charge in [-0.15, -0.1) is 0 Å². The lowest BCUT2D eigenvalue weighted by Gasteiger charge is -2.12. The van der Waals surface area contributed by atoms with Crippen molar-refractivity contribution in [3.63, 3.8) is 0 Å². The topological polar surface area (TPSA) is 46.2 Å². The van der Waals surface area contributed by atoms with Crippen molar-refractivity contribution in [1.82, 2.24) is 0 Å². The summed E-state index contributed by atoms with van der Waals surface area (Å²) in [5.74, 6) is 4.86. The highest BCUT2D eigenvalue weighted by atomic mass is 16.7. The van der Waals surface area contributed by atoms with Gasteiger partial charge >= 0.3 is 0 Å². The Balaban J connectivity index is 1.25. The van der Waals surface area contributed by atoms with Crippen LogP contribution in [0, 0.1) is 0 Å². The molecule has 0 unspecified atom stereocenters. The maximum absolute atomic E-state index is 6.27. The van der Waals surface area contributed by atoms with Gasteiger partial charge < -0.3 is 23.7 Å². The fourth-order valence-electron chi connectivity index (χ4n) is 4.35. The molecular formula is C31H30O5. The molecule has 0 atom stereocenters. The molecule has 1 aliphatic rings. The molecule has 0 saturated carbocycles. The van der Waals surface area contributed by atoms with E-state index in [0.29, 0.717) is 0 Å². The molecule has 184 valence electrons. The Hall–Kier alpha value is -4.12. The van der Waals surface area contributed by atoms with Crippen LogP contribution < -0.4 is 23.7 Å². The number of hydrogen-bond donors (Lipinski definition) is 0. The maximum Gasteiger partial charge on any atom is 0.231 e. The van der Waals surface area contributed by atoms with Crippen molar-refractivity contribution < 1.29 is 23.7 Å². The van der Waals surface area contributed by atoms with E-state index < -0.39 is 0 Å². The van der Waals surface area contributed by atoms with Gasteiger partial charge in [0.05, 0.1) is 14.2 Å². The number of fused-ring (bicyclic) bond motifs is 1. The summed E-state index contributed by atoms with van der Waals surface area (Å²) < 4.78 is 28.1. The van der Waals surface area contributed by atoms with E-state index in [1.54, 1.807) is 14.2 Å². The average Bonchev–Trinajstić information content (AvgIpc) is 3.39. The number of hydrogen-bond acceptors (Lipinski definition) is 5. The second-order valence-electron chi connectivity index (χ2n) is 8.81. The highest BCUT2D eigenvalue weighted by molar-refractivity contribution is 5.45. The molecule has 0 aliphatic carbocycles. The van der Waals surface area contributed by atoms with Gasteiger partial charge in [0.15, 0.2) is 11.5 Å². The third-order valence-electron chi connectivity index (χ3n) is 6.29. The number of aryl methyl sites for hydroxylation is 4. The van der Waals surface area contributed by atoms with Crippen LogP contribution in [0.4, 0.5) is 0 Å². The van der Waals surface area contributed by atoms with Crippen LogP contribution in [0.15, 0.2) is 84.9 Å². The standard InChI is InChI=1S/C31H30O5/c1-32-26-7-3-5-22(15-26)9-10-23-6-4-8-27(16-23)36-29-18-25(17-28(20-29)33-2)12-11-24-13-14-30-31(19-24)35-21-34-30/h3-8,13-20H,9-12,21H2,1-2H3. The van der Waals surface area contributed by atoms with Crippen LogP contribution in [0.3, 0.4) is 0 Å². The van der Waals surface area contributed by atoms with Crippen molar-refractivity contribution in [2.24, 2.45) is 0 Å². The first-order valence-corrected chi connectivity index (χ1v) is 12.1.